The second kappa shape index (κ2) is 6.94. The van der Waals surface area contributed by atoms with Crippen LogP contribution < -0.4 is 5.73 Å². The molecule has 21 heavy (non-hydrogen) atoms. The van der Waals surface area contributed by atoms with Gasteiger partial charge in [-0.3, -0.25) is 4.79 Å². The lowest BCUT2D eigenvalue weighted by molar-refractivity contribution is 0.00209. The van der Waals surface area contributed by atoms with Crippen molar-refractivity contribution in [1.82, 2.24) is 4.90 Å². The molecule has 1 saturated heterocycles. The van der Waals surface area contributed by atoms with Crippen LogP contribution in [0.15, 0.2) is 12.1 Å². The van der Waals surface area contributed by atoms with Gasteiger partial charge in [-0.2, -0.15) is 0 Å². The number of anilines is 1. The van der Waals surface area contributed by atoms with Gasteiger partial charge in [-0.1, -0.05) is 13.0 Å². The van der Waals surface area contributed by atoms with E-state index in [-0.39, 0.29) is 12.0 Å². The summed E-state index contributed by atoms with van der Waals surface area (Å²) in [7, 11) is 0. The Balaban J connectivity index is 2.10. The maximum absolute atomic E-state index is 12.7. The number of carbonyl (C=O) groups excluding carboxylic acids is 1. The fourth-order valence-electron chi connectivity index (χ4n) is 2.81. The Kier molecular flexibility index (Phi) is 5.23. The molecule has 1 fully saturated rings. The fraction of sp³-hybridized carbons (Fsp3) is 0.588. The van der Waals surface area contributed by atoms with Crippen molar-refractivity contribution in [3.63, 3.8) is 0 Å². The van der Waals surface area contributed by atoms with Gasteiger partial charge < -0.3 is 15.4 Å². The van der Waals surface area contributed by atoms with E-state index >= 15 is 0 Å². The van der Waals surface area contributed by atoms with Crippen molar-refractivity contribution in [3.8, 4) is 0 Å². The maximum Gasteiger partial charge on any atom is 0.254 e. The van der Waals surface area contributed by atoms with E-state index in [1.807, 2.05) is 30.9 Å². The first-order chi connectivity index (χ1) is 10.0. The van der Waals surface area contributed by atoms with Gasteiger partial charge in [0.15, 0.2) is 0 Å². The molecule has 0 aromatic heterocycles. The highest BCUT2D eigenvalue weighted by Gasteiger charge is 2.25. The molecule has 1 amide bonds. The van der Waals surface area contributed by atoms with Crippen molar-refractivity contribution < 1.29 is 9.53 Å². The molecule has 4 nitrogen and oxygen atoms in total. The van der Waals surface area contributed by atoms with Crippen LogP contribution in [0.2, 0.25) is 0 Å². The predicted octanol–water partition coefficient (Wildman–Crippen LogP) is 2.92. The molecule has 2 N–H and O–H groups in total. The summed E-state index contributed by atoms with van der Waals surface area (Å²) < 4.78 is 5.80. The first-order valence-electron chi connectivity index (χ1n) is 7.80. The quantitative estimate of drug-likeness (QED) is 0.867. The third-order valence-electron chi connectivity index (χ3n) is 4.07. The topological polar surface area (TPSA) is 55.6 Å². The van der Waals surface area contributed by atoms with Crippen molar-refractivity contribution in [2.45, 2.75) is 46.1 Å². The van der Waals surface area contributed by atoms with Crippen LogP contribution in [-0.2, 0) is 4.74 Å². The van der Waals surface area contributed by atoms with Crippen LogP contribution >= 0.6 is 0 Å². The van der Waals surface area contributed by atoms with Crippen LogP contribution in [0.4, 0.5) is 5.69 Å². The summed E-state index contributed by atoms with van der Waals surface area (Å²) in [5.41, 5.74) is 9.36. The highest BCUT2D eigenvalue weighted by Crippen LogP contribution is 2.22. The van der Waals surface area contributed by atoms with Gasteiger partial charge >= 0.3 is 0 Å². The molecule has 0 aliphatic carbocycles. The molecule has 1 aromatic carbocycles. The minimum Gasteiger partial charge on any atom is -0.398 e. The fourth-order valence-corrected chi connectivity index (χ4v) is 2.81. The molecule has 1 heterocycles. The molecule has 1 aromatic rings. The standard InChI is InChI=1S/C17H26N2O2/c1-4-8-21-14-6-5-7-19(11-14)17(20)15-10-16(18)13(3)9-12(15)2/h9-10,14H,4-8,11,18H2,1-3H3. The average Bonchev–Trinajstić information content (AvgIpc) is 2.48. The number of hydrogen-bond donors (Lipinski definition) is 1. The summed E-state index contributed by atoms with van der Waals surface area (Å²) in [6, 6.07) is 3.79. The monoisotopic (exact) mass is 290 g/mol. The number of nitrogen functional groups attached to an aromatic ring is 1. The van der Waals surface area contributed by atoms with E-state index in [0.717, 1.165) is 43.5 Å². The van der Waals surface area contributed by atoms with Gasteiger partial charge in [0.2, 0.25) is 0 Å². The van der Waals surface area contributed by atoms with Gasteiger partial charge in [-0.15, -0.1) is 0 Å². The second-order valence-electron chi connectivity index (χ2n) is 5.91. The second-order valence-corrected chi connectivity index (χ2v) is 5.91. The molecule has 116 valence electrons. The summed E-state index contributed by atoms with van der Waals surface area (Å²) in [4.78, 5) is 14.6. The first-order valence-corrected chi connectivity index (χ1v) is 7.80. The zero-order valence-electron chi connectivity index (χ0n) is 13.3. The lowest BCUT2D eigenvalue weighted by Gasteiger charge is -2.33. The Labute approximate surface area is 127 Å². The summed E-state index contributed by atoms with van der Waals surface area (Å²) in [6.07, 6.45) is 3.22. The zero-order valence-corrected chi connectivity index (χ0v) is 13.3. The summed E-state index contributed by atoms with van der Waals surface area (Å²) in [5, 5.41) is 0. The van der Waals surface area contributed by atoms with Crippen LogP contribution in [0, 0.1) is 13.8 Å². The SMILES string of the molecule is CCCOC1CCCN(C(=O)c2cc(N)c(C)cc2C)C1. The Morgan fingerprint density at radius 3 is 2.86 bits per heavy atom. The predicted molar refractivity (Wildman–Crippen MR) is 85.5 cm³/mol. The van der Waals surface area contributed by atoms with Gasteiger partial charge in [-0.25, -0.2) is 0 Å². The van der Waals surface area contributed by atoms with Gasteiger partial charge in [0.25, 0.3) is 5.91 Å². The number of rotatable bonds is 4. The molecule has 1 unspecified atom stereocenters. The minimum atomic E-state index is 0.0731. The summed E-state index contributed by atoms with van der Waals surface area (Å²) >= 11 is 0. The van der Waals surface area contributed by atoms with Crippen molar-refractivity contribution >= 4 is 11.6 Å². The Morgan fingerprint density at radius 2 is 2.14 bits per heavy atom. The maximum atomic E-state index is 12.7. The largest absolute Gasteiger partial charge is 0.398 e. The zero-order chi connectivity index (χ0) is 15.4. The minimum absolute atomic E-state index is 0.0731. The molecule has 0 saturated carbocycles. The van der Waals surface area contributed by atoms with E-state index in [0.29, 0.717) is 17.8 Å². The number of ether oxygens (including phenoxy) is 1. The molecule has 0 spiro atoms. The normalized spacial score (nSPS) is 18.8. The smallest absolute Gasteiger partial charge is 0.254 e. The lowest BCUT2D eigenvalue weighted by atomic mass is 10.0. The third-order valence-corrected chi connectivity index (χ3v) is 4.07. The highest BCUT2D eigenvalue weighted by molar-refractivity contribution is 5.96. The Hall–Kier alpha value is -1.55. The Morgan fingerprint density at radius 1 is 1.38 bits per heavy atom. The average molecular weight is 290 g/mol. The lowest BCUT2D eigenvalue weighted by Crippen LogP contribution is -2.43. The van der Waals surface area contributed by atoms with E-state index in [1.165, 1.54) is 0 Å². The molecule has 4 heteroatoms. The van der Waals surface area contributed by atoms with Crippen LogP contribution in [-0.4, -0.2) is 36.6 Å². The van der Waals surface area contributed by atoms with Crippen LogP contribution in [0.1, 0.15) is 47.7 Å². The number of hydrogen-bond acceptors (Lipinski definition) is 3. The van der Waals surface area contributed by atoms with Crippen LogP contribution in [0.25, 0.3) is 0 Å². The molecular weight excluding hydrogens is 264 g/mol. The van der Waals surface area contributed by atoms with Gasteiger partial charge in [0.1, 0.15) is 0 Å². The number of likely N-dealkylation sites (tertiary alicyclic amines) is 1. The summed E-state index contributed by atoms with van der Waals surface area (Å²) in [6.45, 7) is 8.29. The first kappa shape index (κ1) is 15.8. The summed E-state index contributed by atoms with van der Waals surface area (Å²) in [5.74, 6) is 0.0731. The van der Waals surface area contributed by atoms with Crippen molar-refractivity contribution in [1.29, 1.82) is 0 Å². The molecule has 0 bridgehead atoms. The van der Waals surface area contributed by atoms with Crippen LogP contribution in [0.3, 0.4) is 0 Å². The van der Waals surface area contributed by atoms with Gasteiger partial charge in [0, 0.05) is 30.9 Å². The van der Waals surface area contributed by atoms with Crippen LogP contribution in [0.5, 0.6) is 0 Å². The highest BCUT2D eigenvalue weighted by atomic mass is 16.5. The van der Waals surface area contributed by atoms with E-state index < -0.39 is 0 Å². The van der Waals surface area contributed by atoms with Gasteiger partial charge in [0.05, 0.1) is 6.10 Å². The molecule has 1 aliphatic heterocycles. The number of benzene rings is 1. The van der Waals surface area contributed by atoms with E-state index in [1.54, 1.807) is 0 Å². The molecule has 1 atom stereocenters. The van der Waals surface area contributed by atoms with Crippen molar-refractivity contribution in [2.24, 2.45) is 0 Å². The number of piperidine rings is 1. The third kappa shape index (κ3) is 3.76. The van der Waals surface area contributed by atoms with Gasteiger partial charge in [-0.05, 0) is 50.3 Å². The number of nitrogens with zero attached hydrogens (tertiary/aromatic N) is 1. The molecule has 2 rings (SSSR count). The number of aryl methyl sites for hydroxylation is 2. The number of nitrogens with two attached hydrogens (primary N) is 1. The van der Waals surface area contributed by atoms with E-state index in [4.69, 9.17) is 10.5 Å². The van der Waals surface area contributed by atoms with Crippen molar-refractivity contribution in [3.05, 3.63) is 28.8 Å². The Bertz CT molecular complexity index is 514. The number of amides is 1. The number of carbonyl (C=O) groups is 1. The van der Waals surface area contributed by atoms with Crippen molar-refractivity contribution in [2.75, 3.05) is 25.4 Å². The van der Waals surface area contributed by atoms with E-state index in [9.17, 15) is 4.79 Å². The van der Waals surface area contributed by atoms with E-state index in [2.05, 4.69) is 6.92 Å². The molecule has 0 radical (unpaired) electrons. The molecule has 1 aliphatic rings. The molecular formula is C17H26N2O2.